The van der Waals surface area contributed by atoms with E-state index in [9.17, 15) is 0 Å². The fourth-order valence-electron chi connectivity index (χ4n) is 0. The van der Waals surface area contributed by atoms with Crippen LogP contribution in [0.5, 0.6) is 0 Å². The van der Waals surface area contributed by atoms with Crippen molar-refractivity contribution < 1.29 is 5.11 Å². The van der Waals surface area contributed by atoms with Gasteiger partial charge in [-0.1, -0.05) is 0 Å². The molecule has 5 heavy (non-hydrogen) atoms. The van der Waals surface area contributed by atoms with Crippen molar-refractivity contribution in [1.29, 1.82) is 0 Å². The standard InChI is InChI=1S/C2H6O.ClH.K/c1-2-3;;/h3H,2H2,1H3;1H;/q;;+1/p-1. The Morgan fingerprint density at radius 1 is 1.80 bits per heavy atom. The molecular weight excluding hydrogens is 115 g/mol. The van der Waals surface area contributed by atoms with Crippen LogP contribution in [-0.4, -0.2) is 58.9 Å². The molecule has 0 heterocycles. The van der Waals surface area contributed by atoms with Crippen LogP contribution >= 0.6 is 3.76 Å². The Labute approximate surface area is 68.1 Å². The van der Waals surface area contributed by atoms with Crippen molar-refractivity contribution in [3.8, 4) is 0 Å². The van der Waals surface area contributed by atoms with E-state index in [4.69, 9.17) is 8.87 Å². The summed E-state index contributed by atoms with van der Waals surface area (Å²) in [6.45, 7) is 1.93. The average molecular weight is 121 g/mol. The summed E-state index contributed by atoms with van der Waals surface area (Å²) in [5.74, 6) is 0. The fourth-order valence-corrected chi connectivity index (χ4v) is 0. The fraction of sp³-hybridized carbons (Fsp3) is 1.00. The van der Waals surface area contributed by atoms with E-state index in [2.05, 4.69) is 0 Å². The zero-order valence-corrected chi connectivity index (χ0v) is 7.41. The predicted octanol–water partition coefficient (Wildman–Crippen LogP) is 0.307. The van der Waals surface area contributed by atoms with Crippen LogP contribution < -0.4 is 0 Å². The normalized spacial score (nSPS) is 5.00. The molecule has 0 amide bonds. The Bertz CT molecular complexity index is 9.61. The molecule has 0 aliphatic rings. The maximum atomic E-state index is 7.57. The Balaban J connectivity index is 0. The Morgan fingerprint density at radius 2 is 1.80 bits per heavy atom. The van der Waals surface area contributed by atoms with Gasteiger partial charge < -0.3 is 5.11 Å². The van der Waals surface area contributed by atoms with E-state index < -0.39 is 0 Å². The first-order valence-corrected chi connectivity index (χ1v) is 5.70. The summed E-state index contributed by atoms with van der Waals surface area (Å²) < 4.78 is 4.83. The zero-order valence-electron chi connectivity index (χ0n) is 3.53. The summed E-state index contributed by atoms with van der Waals surface area (Å²) in [5, 5.41) is 7.57. The number of aliphatic hydroxyl groups excluding tert-OH is 1. The van der Waals surface area contributed by atoms with Gasteiger partial charge in [0.2, 0.25) is 0 Å². The molecule has 0 aromatic rings. The second-order valence-corrected chi connectivity index (χ2v) is 0.316. The van der Waals surface area contributed by atoms with E-state index in [-0.39, 0.29) is 6.61 Å². The van der Waals surface area contributed by atoms with Gasteiger partial charge in [0, 0.05) is 6.61 Å². The molecule has 0 aromatic carbocycles. The topological polar surface area (TPSA) is 20.2 Å². The summed E-state index contributed by atoms with van der Waals surface area (Å²) in [4.78, 5) is 0. The van der Waals surface area contributed by atoms with Crippen molar-refractivity contribution in [3.05, 3.63) is 0 Å². The van der Waals surface area contributed by atoms with Crippen molar-refractivity contribution >= 4 is 50.9 Å². The molecule has 3 heteroatoms. The summed E-state index contributed by atoms with van der Waals surface area (Å²) >= 11 is 0.535. The number of halogens is 1. The van der Waals surface area contributed by atoms with Gasteiger partial charge >= 0.3 is 50.9 Å². The average Bonchev–Trinajstić information content (AvgIpc) is 1.46. The quantitative estimate of drug-likeness (QED) is 0.457. The molecule has 0 saturated carbocycles. The van der Waals surface area contributed by atoms with E-state index >= 15 is 0 Å². The Kier molecular flexibility index (Phi) is 33.7. The van der Waals surface area contributed by atoms with Crippen LogP contribution in [-0.2, 0) is 0 Å². The molecule has 0 radical (unpaired) electrons. The molecule has 1 N–H and O–H groups in total. The van der Waals surface area contributed by atoms with Crippen molar-refractivity contribution in [2.24, 2.45) is 0 Å². The first-order chi connectivity index (χ1) is 2.41. The molecule has 0 aliphatic heterocycles. The Hall–Kier alpha value is 1.89. The van der Waals surface area contributed by atoms with E-state index in [1.54, 1.807) is 6.92 Å². The van der Waals surface area contributed by atoms with Crippen molar-refractivity contribution in [2.45, 2.75) is 6.92 Å². The van der Waals surface area contributed by atoms with Gasteiger partial charge in [-0.25, -0.2) is 0 Å². The van der Waals surface area contributed by atoms with Gasteiger partial charge in [0.15, 0.2) is 0 Å². The minimum atomic E-state index is 0.250. The third kappa shape index (κ3) is 25.0. The van der Waals surface area contributed by atoms with Crippen molar-refractivity contribution in [3.63, 3.8) is 0 Å². The van der Waals surface area contributed by atoms with Crippen LogP contribution in [0.3, 0.4) is 0 Å². The molecule has 0 atom stereocenters. The van der Waals surface area contributed by atoms with Crippen LogP contribution in [0.1, 0.15) is 6.92 Å². The molecule has 0 aliphatic carbocycles. The van der Waals surface area contributed by atoms with Crippen LogP contribution in [0.25, 0.3) is 0 Å². The summed E-state index contributed by atoms with van der Waals surface area (Å²) in [5.41, 5.74) is 0. The third-order valence-corrected chi connectivity index (χ3v) is 0. The van der Waals surface area contributed by atoms with Crippen molar-refractivity contribution in [2.75, 3.05) is 6.61 Å². The minimum absolute atomic E-state index is 0.250. The number of rotatable bonds is 0. The second kappa shape index (κ2) is 16.9. The maximum absolute atomic E-state index is 7.57. The van der Waals surface area contributed by atoms with E-state index in [0.29, 0.717) is 47.1 Å². The molecule has 28 valence electrons. The summed E-state index contributed by atoms with van der Waals surface area (Å²) in [7, 11) is 0. The molecule has 0 saturated heterocycles. The van der Waals surface area contributed by atoms with Crippen LogP contribution in [0.15, 0.2) is 0 Å². The molecule has 1 nitrogen and oxygen atoms in total. The van der Waals surface area contributed by atoms with Crippen molar-refractivity contribution in [1.82, 2.24) is 0 Å². The van der Waals surface area contributed by atoms with Gasteiger partial charge in [-0.2, -0.15) is 0 Å². The van der Waals surface area contributed by atoms with Gasteiger partial charge in [0.1, 0.15) is 0 Å². The van der Waals surface area contributed by atoms with Gasteiger partial charge in [-0.3, -0.25) is 0 Å². The third-order valence-electron chi connectivity index (χ3n) is 0. The summed E-state index contributed by atoms with van der Waals surface area (Å²) in [6.07, 6.45) is 0. The molecule has 0 rings (SSSR count). The number of hydrogen-bond acceptors (Lipinski definition) is 1. The SMILES string of the molecule is CCO.[Cl][K]. The molecule has 0 aromatic heterocycles. The number of aliphatic hydroxyl groups is 1. The molecule has 0 unspecified atom stereocenters. The van der Waals surface area contributed by atoms with Gasteiger partial charge in [0.25, 0.3) is 0 Å². The Morgan fingerprint density at radius 3 is 1.80 bits per heavy atom. The second-order valence-electron chi connectivity index (χ2n) is 0.316. The molecule has 0 bridgehead atoms. The zero-order chi connectivity index (χ0) is 4.71. The van der Waals surface area contributed by atoms with E-state index in [0.717, 1.165) is 0 Å². The van der Waals surface area contributed by atoms with Crippen LogP contribution in [0.4, 0.5) is 0 Å². The van der Waals surface area contributed by atoms with E-state index in [1.165, 1.54) is 0 Å². The first kappa shape index (κ1) is 9.99. The molecule has 0 spiro atoms. The van der Waals surface area contributed by atoms with Gasteiger partial charge in [0.05, 0.1) is 0 Å². The molecular formula is C2H6ClKO. The van der Waals surface area contributed by atoms with E-state index in [1.807, 2.05) is 0 Å². The molecule has 0 fully saturated rings. The predicted molar refractivity (Wildman–Crippen MR) is 24.4 cm³/mol. The van der Waals surface area contributed by atoms with Crippen LogP contribution in [0, 0.1) is 0 Å². The first-order valence-electron chi connectivity index (χ1n) is 1.40. The van der Waals surface area contributed by atoms with Gasteiger partial charge in [-0.15, -0.1) is 0 Å². The van der Waals surface area contributed by atoms with Gasteiger partial charge in [-0.05, 0) is 6.92 Å². The summed E-state index contributed by atoms with van der Waals surface area (Å²) in [6, 6.07) is 0. The monoisotopic (exact) mass is 120 g/mol. The van der Waals surface area contributed by atoms with Crippen LogP contribution in [0.2, 0.25) is 0 Å². The number of hydrogen-bond donors (Lipinski definition) is 1.